The minimum atomic E-state index is -0.370. The zero-order valence-electron chi connectivity index (χ0n) is 9.06. The summed E-state index contributed by atoms with van der Waals surface area (Å²) in [7, 11) is 0. The lowest BCUT2D eigenvalue weighted by atomic mass is 10.2. The molecule has 0 fully saturated rings. The number of thioether (sulfide) groups is 1. The number of hydrogen-bond donors (Lipinski definition) is 0. The molecule has 3 heteroatoms. The monoisotopic (exact) mass is 243 g/mol. The molecular formula is C14H10FNS. The van der Waals surface area contributed by atoms with Gasteiger partial charge in [-0.05, 0) is 23.8 Å². The third kappa shape index (κ3) is 3.08. The summed E-state index contributed by atoms with van der Waals surface area (Å²) in [6.45, 7) is 0. The zero-order valence-corrected chi connectivity index (χ0v) is 9.88. The SMILES string of the molecule is N#Cc1cc(F)ccc1SCc1ccccc1. The molecule has 0 N–H and O–H groups in total. The molecule has 0 radical (unpaired) electrons. The van der Waals surface area contributed by atoms with E-state index in [1.54, 1.807) is 17.8 Å². The lowest BCUT2D eigenvalue weighted by Crippen LogP contribution is -1.85. The molecule has 0 aliphatic heterocycles. The van der Waals surface area contributed by atoms with Crippen LogP contribution in [0.2, 0.25) is 0 Å². The topological polar surface area (TPSA) is 23.8 Å². The first kappa shape index (κ1) is 11.7. The van der Waals surface area contributed by atoms with E-state index >= 15 is 0 Å². The first-order valence-corrected chi connectivity index (χ1v) is 6.14. The summed E-state index contributed by atoms with van der Waals surface area (Å²) in [6.07, 6.45) is 0. The highest BCUT2D eigenvalue weighted by molar-refractivity contribution is 7.98. The van der Waals surface area contributed by atoms with Gasteiger partial charge in [-0.3, -0.25) is 0 Å². The Morgan fingerprint density at radius 3 is 2.59 bits per heavy atom. The Morgan fingerprint density at radius 2 is 1.88 bits per heavy atom. The molecular weight excluding hydrogens is 233 g/mol. The molecule has 17 heavy (non-hydrogen) atoms. The number of hydrogen-bond acceptors (Lipinski definition) is 2. The molecule has 0 aliphatic carbocycles. The largest absolute Gasteiger partial charge is 0.207 e. The normalized spacial score (nSPS) is 9.88. The minimum Gasteiger partial charge on any atom is -0.207 e. The highest BCUT2D eigenvalue weighted by Crippen LogP contribution is 2.26. The molecule has 2 rings (SSSR count). The van der Waals surface area contributed by atoms with Gasteiger partial charge in [0.1, 0.15) is 11.9 Å². The molecule has 0 aromatic heterocycles. The summed E-state index contributed by atoms with van der Waals surface area (Å²) < 4.78 is 12.9. The summed E-state index contributed by atoms with van der Waals surface area (Å²) in [5, 5.41) is 8.91. The van der Waals surface area contributed by atoms with Gasteiger partial charge in [0.05, 0.1) is 5.56 Å². The number of halogens is 1. The van der Waals surface area contributed by atoms with Gasteiger partial charge >= 0.3 is 0 Å². The van der Waals surface area contributed by atoms with Crippen LogP contribution in [0.4, 0.5) is 4.39 Å². The fourth-order valence-corrected chi connectivity index (χ4v) is 2.39. The molecule has 0 atom stereocenters. The van der Waals surface area contributed by atoms with Gasteiger partial charge in [0.25, 0.3) is 0 Å². The molecule has 0 aliphatic rings. The standard InChI is InChI=1S/C14H10FNS/c15-13-6-7-14(12(8-13)9-16)17-10-11-4-2-1-3-5-11/h1-8H,10H2. The van der Waals surface area contributed by atoms with Crippen molar-refractivity contribution in [3.05, 3.63) is 65.5 Å². The van der Waals surface area contributed by atoms with Crippen molar-refractivity contribution in [1.29, 1.82) is 5.26 Å². The predicted molar refractivity (Wildman–Crippen MR) is 67.1 cm³/mol. The van der Waals surface area contributed by atoms with E-state index in [9.17, 15) is 4.39 Å². The smallest absolute Gasteiger partial charge is 0.124 e. The molecule has 0 saturated heterocycles. The maximum atomic E-state index is 12.9. The van der Waals surface area contributed by atoms with Crippen LogP contribution < -0.4 is 0 Å². The van der Waals surface area contributed by atoms with Crippen LogP contribution in [0.25, 0.3) is 0 Å². The van der Waals surface area contributed by atoms with E-state index in [-0.39, 0.29) is 5.82 Å². The van der Waals surface area contributed by atoms with E-state index in [0.717, 1.165) is 10.6 Å². The van der Waals surface area contributed by atoms with E-state index < -0.39 is 0 Å². The summed E-state index contributed by atoms with van der Waals surface area (Å²) in [5.41, 5.74) is 1.58. The van der Waals surface area contributed by atoms with Crippen LogP contribution in [0, 0.1) is 17.1 Å². The van der Waals surface area contributed by atoms with Crippen molar-refractivity contribution in [2.45, 2.75) is 10.6 Å². The van der Waals surface area contributed by atoms with Gasteiger partial charge in [-0.25, -0.2) is 4.39 Å². The van der Waals surface area contributed by atoms with Crippen LogP contribution in [0.15, 0.2) is 53.4 Å². The number of benzene rings is 2. The van der Waals surface area contributed by atoms with Crippen LogP contribution in [0.5, 0.6) is 0 Å². The lowest BCUT2D eigenvalue weighted by Gasteiger charge is -2.04. The van der Waals surface area contributed by atoms with Gasteiger partial charge in [0.2, 0.25) is 0 Å². The summed E-state index contributed by atoms with van der Waals surface area (Å²) >= 11 is 1.54. The predicted octanol–water partition coefficient (Wildman–Crippen LogP) is 3.99. The molecule has 84 valence electrons. The first-order valence-electron chi connectivity index (χ1n) is 5.16. The van der Waals surface area contributed by atoms with E-state index in [0.29, 0.717) is 5.56 Å². The molecule has 1 nitrogen and oxygen atoms in total. The first-order chi connectivity index (χ1) is 8.29. The van der Waals surface area contributed by atoms with Crippen molar-refractivity contribution < 1.29 is 4.39 Å². The Labute approximate surface area is 104 Å². The van der Waals surface area contributed by atoms with Gasteiger partial charge in [0, 0.05) is 10.6 Å². The number of nitriles is 1. The lowest BCUT2D eigenvalue weighted by molar-refractivity contribution is 0.626. The van der Waals surface area contributed by atoms with E-state index in [2.05, 4.69) is 0 Å². The molecule has 0 heterocycles. The van der Waals surface area contributed by atoms with Crippen molar-refractivity contribution in [3.63, 3.8) is 0 Å². The van der Waals surface area contributed by atoms with Crippen molar-refractivity contribution in [2.75, 3.05) is 0 Å². The van der Waals surface area contributed by atoms with Crippen LogP contribution >= 0.6 is 11.8 Å². The Kier molecular flexibility index (Phi) is 3.79. The Bertz CT molecular complexity index is 546. The molecule has 0 unspecified atom stereocenters. The van der Waals surface area contributed by atoms with Crippen LogP contribution in [0.3, 0.4) is 0 Å². The average Bonchev–Trinajstić information content (AvgIpc) is 2.38. The second kappa shape index (κ2) is 5.51. The van der Waals surface area contributed by atoms with E-state index in [4.69, 9.17) is 5.26 Å². The van der Waals surface area contributed by atoms with E-state index in [1.807, 2.05) is 36.4 Å². The Morgan fingerprint density at radius 1 is 1.12 bits per heavy atom. The quantitative estimate of drug-likeness (QED) is 0.761. The maximum absolute atomic E-state index is 12.9. The average molecular weight is 243 g/mol. The van der Waals surface area contributed by atoms with Gasteiger partial charge in [-0.15, -0.1) is 11.8 Å². The zero-order chi connectivity index (χ0) is 12.1. The third-order valence-electron chi connectivity index (χ3n) is 2.30. The highest BCUT2D eigenvalue weighted by atomic mass is 32.2. The highest BCUT2D eigenvalue weighted by Gasteiger charge is 2.04. The van der Waals surface area contributed by atoms with Crippen LogP contribution in [0.1, 0.15) is 11.1 Å². The summed E-state index contributed by atoms with van der Waals surface area (Å²) in [6, 6.07) is 16.3. The van der Waals surface area contributed by atoms with Crippen molar-refractivity contribution in [3.8, 4) is 6.07 Å². The summed E-state index contributed by atoms with van der Waals surface area (Å²) in [4.78, 5) is 0.817. The van der Waals surface area contributed by atoms with Gasteiger partial charge in [-0.1, -0.05) is 30.3 Å². The van der Waals surface area contributed by atoms with Crippen LogP contribution in [-0.4, -0.2) is 0 Å². The van der Waals surface area contributed by atoms with Gasteiger partial charge < -0.3 is 0 Å². The van der Waals surface area contributed by atoms with Crippen molar-refractivity contribution in [2.24, 2.45) is 0 Å². The molecule has 0 bridgehead atoms. The van der Waals surface area contributed by atoms with Crippen molar-refractivity contribution >= 4 is 11.8 Å². The van der Waals surface area contributed by atoms with Crippen LogP contribution in [-0.2, 0) is 5.75 Å². The molecule has 0 amide bonds. The molecule has 2 aromatic rings. The molecule has 2 aromatic carbocycles. The number of nitrogens with zero attached hydrogens (tertiary/aromatic N) is 1. The molecule has 0 spiro atoms. The fraction of sp³-hybridized carbons (Fsp3) is 0.0714. The minimum absolute atomic E-state index is 0.370. The fourth-order valence-electron chi connectivity index (χ4n) is 1.45. The maximum Gasteiger partial charge on any atom is 0.124 e. The van der Waals surface area contributed by atoms with Crippen molar-refractivity contribution in [1.82, 2.24) is 0 Å². The second-order valence-electron chi connectivity index (χ2n) is 3.53. The summed E-state index contributed by atoms with van der Waals surface area (Å²) in [5.74, 6) is 0.409. The van der Waals surface area contributed by atoms with E-state index in [1.165, 1.54) is 17.7 Å². The number of rotatable bonds is 3. The Balaban J connectivity index is 2.12. The second-order valence-corrected chi connectivity index (χ2v) is 4.54. The third-order valence-corrected chi connectivity index (χ3v) is 3.44. The van der Waals surface area contributed by atoms with Gasteiger partial charge in [0.15, 0.2) is 0 Å². The molecule has 0 saturated carbocycles. The Hall–Kier alpha value is -1.79. The van der Waals surface area contributed by atoms with Gasteiger partial charge in [-0.2, -0.15) is 5.26 Å².